The van der Waals surface area contributed by atoms with Gasteiger partial charge in [0.2, 0.25) is 0 Å². The molecule has 0 bridgehead atoms. The largest absolute Gasteiger partial charge is 0.496 e. The molecule has 4 atom stereocenters. The first kappa shape index (κ1) is 15.4. The topological polar surface area (TPSA) is 9.23 Å². The molecule has 21 heavy (non-hydrogen) atoms. The van der Waals surface area contributed by atoms with Gasteiger partial charge in [0.05, 0.1) is 7.11 Å². The minimum atomic E-state index is 0.594. The van der Waals surface area contributed by atoms with Crippen LogP contribution in [0.5, 0.6) is 5.75 Å². The third kappa shape index (κ3) is 3.64. The van der Waals surface area contributed by atoms with Gasteiger partial charge in [-0.25, -0.2) is 0 Å². The zero-order valence-electron chi connectivity index (χ0n) is 13.1. The molecule has 2 saturated carbocycles. The SMILES string of the molecule is COc1ccccc1CC(Br)C1CCC2CCCCC2C1. The molecule has 0 aromatic heterocycles. The molecule has 1 aromatic carbocycles. The van der Waals surface area contributed by atoms with Gasteiger partial charge in [0.25, 0.3) is 0 Å². The first-order valence-corrected chi connectivity index (χ1v) is 9.45. The van der Waals surface area contributed by atoms with E-state index < -0.39 is 0 Å². The van der Waals surface area contributed by atoms with Crippen molar-refractivity contribution in [2.24, 2.45) is 17.8 Å². The molecule has 2 fully saturated rings. The molecule has 1 nitrogen and oxygen atoms in total. The molecule has 4 unspecified atom stereocenters. The monoisotopic (exact) mass is 350 g/mol. The number of para-hydroxylation sites is 1. The molecular weight excluding hydrogens is 324 g/mol. The third-order valence-corrected chi connectivity index (χ3v) is 6.77. The number of hydrogen-bond acceptors (Lipinski definition) is 1. The highest BCUT2D eigenvalue weighted by Gasteiger charge is 2.34. The van der Waals surface area contributed by atoms with E-state index in [0.29, 0.717) is 4.83 Å². The van der Waals surface area contributed by atoms with Crippen molar-refractivity contribution in [2.75, 3.05) is 7.11 Å². The lowest BCUT2D eigenvalue weighted by Crippen LogP contribution is -2.32. The Labute approximate surface area is 137 Å². The summed E-state index contributed by atoms with van der Waals surface area (Å²) >= 11 is 4.00. The molecule has 0 N–H and O–H groups in total. The van der Waals surface area contributed by atoms with Crippen LogP contribution in [0.15, 0.2) is 24.3 Å². The average molecular weight is 351 g/mol. The molecule has 2 aliphatic carbocycles. The summed E-state index contributed by atoms with van der Waals surface area (Å²) in [5, 5.41) is 0. The maximum atomic E-state index is 5.50. The molecule has 2 heteroatoms. The standard InChI is InChI=1S/C19H27BrO/c1-21-19-9-5-4-8-17(19)13-18(20)16-11-10-14-6-2-3-7-15(14)12-16/h4-5,8-9,14-16,18H,2-3,6-7,10-13H2,1H3. The van der Waals surface area contributed by atoms with Crippen molar-refractivity contribution in [3.8, 4) is 5.75 Å². The number of rotatable bonds is 4. The number of hydrogen-bond donors (Lipinski definition) is 0. The van der Waals surface area contributed by atoms with E-state index in [0.717, 1.165) is 29.9 Å². The lowest BCUT2D eigenvalue weighted by atomic mass is 9.66. The fourth-order valence-corrected chi connectivity index (χ4v) is 5.32. The lowest BCUT2D eigenvalue weighted by molar-refractivity contribution is 0.129. The average Bonchev–Trinajstić information content (AvgIpc) is 2.55. The van der Waals surface area contributed by atoms with Crippen LogP contribution in [0.1, 0.15) is 50.5 Å². The quantitative estimate of drug-likeness (QED) is 0.641. The zero-order valence-corrected chi connectivity index (χ0v) is 14.6. The highest BCUT2D eigenvalue weighted by Crippen LogP contribution is 2.45. The van der Waals surface area contributed by atoms with E-state index in [-0.39, 0.29) is 0 Å². The number of fused-ring (bicyclic) bond motifs is 1. The van der Waals surface area contributed by atoms with Crippen LogP contribution in [0.3, 0.4) is 0 Å². The Bertz CT molecular complexity index is 459. The van der Waals surface area contributed by atoms with Crippen LogP contribution < -0.4 is 4.74 Å². The van der Waals surface area contributed by atoms with E-state index in [1.807, 2.05) is 0 Å². The Hall–Kier alpha value is -0.500. The maximum Gasteiger partial charge on any atom is 0.122 e. The molecule has 116 valence electrons. The first-order chi connectivity index (χ1) is 10.3. The zero-order chi connectivity index (χ0) is 14.7. The van der Waals surface area contributed by atoms with Crippen LogP contribution >= 0.6 is 15.9 Å². The first-order valence-electron chi connectivity index (χ1n) is 8.54. The van der Waals surface area contributed by atoms with E-state index in [4.69, 9.17) is 4.74 Å². The van der Waals surface area contributed by atoms with Crippen LogP contribution in [0.2, 0.25) is 0 Å². The minimum absolute atomic E-state index is 0.594. The van der Waals surface area contributed by atoms with Crippen molar-refractivity contribution >= 4 is 15.9 Å². The van der Waals surface area contributed by atoms with E-state index in [9.17, 15) is 0 Å². The minimum Gasteiger partial charge on any atom is -0.496 e. The van der Waals surface area contributed by atoms with Crippen molar-refractivity contribution in [3.63, 3.8) is 0 Å². The number of halogens is 1. The number of ether oxygens (including phenoxy) is 1. The molecule has 3 rings (SSSR count). The molecule has 2 aliphatic rings. The summed E-state index contributed by atoms with van der Waals surface area (Å²) in [5.41, 5.74) is 1.34. The van der Waals surface area contributed by atoms with E-state index in [1.54, 1.807) is 7.11 Å². The fourth-order valence-electron chi connectivity index (χ4n) is 4.49. The van der Waals surface area contributed by atoms with Crippen molar-refractivity contribution in [3.05, 3.63) is 29.8 Å². The van der Waals surface area contributed by atoms with Crippen LogP contribution in [0.25, 0.3) is 0 Å². The van der Waals surface area contributed by atoms with Gasteiger partial charge >= 0.3 is 0 Å². The normalized spacial score (nSPS) is 30.5. The van der Waals surface area contributed by atoms with Crippen molar-refractivity contribution in [1.29, 1.82) is 0 Å². The van der Waals surface area contributed by atoms with E-state index in [2.05, 4.69) is 40.2 Å². The summed E-state index contributed by atoms with van der Waals surface area (Å²) in [7, 11) is 1.77. The summed E-state index contributed by atoms with van der Waals surface area (Å²) in [4.78, 5) is 0.594. The summed E-state index contributed by atoms with van der Waals surface area (Å²) in [5.74, 6) is 3.93. The Balaban J connectivity index is 1.61. The predicted molar refractivity (Wildman–Crippen MR) is 92.2 cm³/mol. The number of alkyl halides is 1. The molecule has 0 amide bonds. The molecule has 0 heterocycles. The van der Waals surface area contributed by atoms with Gasteiger partial charge in [-0.3, -0.25) is 0 Å². The molecule has 0 aliphatic heterocycles. The Morgan fingerprint density at radius 3 is 2.67 bits per heavy atom. The van der Waals surface area contributed by atoms with Crippen LogP contribution in [-0.4, -0.2) is 11.9 Å². The highest BCUT2D eigenvalue weighted by molar-refractivity contribution is 9.09. The second kappa shape index (κ2) is 7.17. The van der Waals surface area contributed by atoms with Crippen LogP contribution in [0.4, 0.5) is 0 Å². The van der Waals surface area contributed by atoms with Gasteiger partial charge in [0.1, 0.15) is 5.75 Å². The Morgan fingerprint density at radius 1 is 1.10 bits per heavy atom. The number of benzene rings is 1. The molecule has 0 spiro atoms. The molecule has 0 radical (unpaired) electrons. The summed E-state index contributed by atoms with van der Waals surface area (Å²) in [6.45, 7) is 0. The highest BCUT2D eigenvalue weighted by atomic mass is 79.9. The van der Waals surface area contributed by atoms with E-state index >= 15 is 0 Å². The van der Waals surface area contributed by atoms with Gasteiger partial charge in [0, 0.05) is 4.83 Å². The van der Waals surface area contributed by atoms with Gasteiger partial charge in [0.15, 0.2) is 0 Å². The Morgan fingerprint density at radius 2 is 1.86 bits per heavy atom. The van der Waals surface area contributed by atoms with Crippen LogP contribution in [0, 0.1) is 17.8 Å². The summed E-state index contributed by atoms with van der Waals surface area (Å²) < 4.78 is 5.50. The van der Waals surface area contributed by atoms with E-state index in [1.165, 1.54) is 50.5 Å². The van der Waals surface area contributed by atoms with Crippen molar-refractivity contribution in [2.45, 2.75) is 56.2 Å². The third-order valence-electron chi connectivity index (χ3n) is 5.70. The summed E-state index contributed by atoms with van der Waals surface area (Å²) in [6, 6.07) is 8.46. The van der Waals surface area contributed by atoms with Gasteiger partial charge < -0.3 is 4.74 Å². The van der Waals surface area contributed by atoms with Gasteiger partial charge in [-0.15, -0.1) is 0 Å². The smallest absolute Gasteiger partial charge is 0.122 e. The number of methoxy groups -OCH3 is 1. The second-order valence-corrected chi connectivity index (χ2v) is 8.09. The lowest BCUT2D eigenvalue weighted by Gasteiger charge is -2.41. The molecule has 1 aromatic rings. The van der Waals surface area contributed by atoms with Gasteiger partial charge in [-0.1, -0.05) is 59.8 Å². The van der Waals surface area contributed by atoms with Gasteiger partial charge in [-0.2, -0.15) is 0 Å². The Kier molecular flexibility index (Phi) is 5.26. The maximum absolute atomic E-state index is 5.50. The predicted octanol–water partition coefficient (Wildman–Crippen LogP) is 5.61. The summed E-state index contributed by atoms with van der Waals surface area (Å²) in [6.07, 6.45) is 11.3. The second-order valence-electron chi connectivity index (χ2n) is 6.91. The molecular formula is C19H27BrO. The molecule has 0 saturated heterocycles. The van der Waals surface area contributed by atoms with Crippen LogP contribution in [-0.2, 0) is 6.42 Å². The van der Waals surface area contributed by atoms with Crippen molar-refractivity contribution in [1.82, 2.24) is 0 Å². The van der Waals surface area contributed by atoms with Crippen molar-refractivity contribution < 1.29 is 4.74 Å². The fraction of sp³-hybridized carbons (Fsp3) is 0.684. The van der Waals surface area contributed by atoms with Gasteiger partial charge in [-0.05, 0) is 55.1 Å².